The van der Waals surface area contributed by atoms with Gasteiger partial charge < -0.3 is 4.74 Å². The van der Waals surface area contributed by atoms with E-state index in [0.717, 1.165) is 5.69 Å². The Kier molecular flexibility index (Phi) is 4.67. The second kappa shape index (κ2) is 6.46. The lowest BCUT2D eigenvalue weighted by atomic mass is 10.4. The highest BCUT2D eigenvalue weighted by molar-refractivity contribution is 7.80. The number of ether oxygens (including phenoxy) is 1. The molecule has 0 aliphatic heterocycles. The maximum Gasteiger partial charge on any atom is 0.277 e. The predicted molar refractivity (Wildman–Crippen MR) is 76.4 cm³/mol. The van der Waals surface area contributed by atoms with Gasteiger partial charge in [0.15, 0.2) is 10.9 Å². The highest BCUT2D eigenvalue weighted by atomic mass is 35.5. The molecule has 0 radical (unpaired) electrons. The Morgan fingerprint density at radius 2 is 2.42 bits per heavy atom. The van der Waals surface area contributed by atoms with Gasteiger partial charge in [-0.15, -0.1) is 0 Å². The number of aromatic nitrogens is 3. The van der Waals surface area contributed by atoms with Crippen molar-refractivity contribution in [3.8, 4) is 11.4 Å². The molecule has 0 saturated carbocycles. The van der Waals surface area contributed by atoms with Crippen LogP contribution in [-0.2, 0) is 0 Å². The van der Waals surface area contributed by atoms with Crippen LogP contribution >= 0.6 is 23.8 Å². The minimum atomic E-state index is 0.175. The van der Waals surface area contributed by atoms with E-state index >= 15 is 0 Å². The van der Waals surface area contributed by atoms with E-state index in [1.54, 1.807) is 23.3 Å². The topological polar surface area (TPSA) is 64.0 Å². The van der Waals surface area contributed by atoms with Crippen LogP contribution < -0.4 is 15.6 Å². The van der Waals surface area contributed by atoms with Crippen molar-refractivity contribution in [3.05, 3.63) is 35.9 Å². The fourth-order valence-corrected chi connectivity index (χ4v) is 1.64. The summed E-state index contributed by atoms with van der Waals surface area (Å²) < 4.78 is 6.94. The lowest BCUT2D eigenvalue weighted by molar-refractivity contribution is 0.507. The van der Waals surface area contributed by atoms with E-state index in [9.17, 15) is 0 Å². The minimum absolute atomic E-state index is 0.175. The zero-order valence-corrected chi connectivity index (χ0v) is 11.7. The lowest BCUT2D eigenvalue weighted by Crippen LogP contribution is -2.38. The van der Waals surface area contributed by atoms with Gasteiger partial charge in [0, 0.05) is 12.7 Å². The van der Waals surface area contributed by atoms with Gasteiger partial charge in [0.1, 0.15) is 0 Å². The predicted octanol–water partition coefficient (Wildman–Crippen LogP) is 1.70. The molecule has 19 heavy (non-hydrogen) atoms. The number of hydrazine groups is 1. The fraction of sp³-hybridized carbons (Fsp3) is 0.182. The zero-order valence-electron chi connectivity index (χ0n) is 10.1. The molecule has 0 bridgehead atoms. The summed E-state index contributed by atoms with van der Waals surface area (Å²) in [4.78, 5) is 4.01. The number of rotatable bonds is 4. The van der Waals surface area contributed by atoms with Crippen molar-refractivity contribution in [1.82, 2.24) is 25.6 Å². The summed E-state index contributed by atoms with van der Waals surface area (Å²) in [6, 6.07) is 3.66. The normalized spacial score (nSPS) is 10.2. The van der Waals surface area contributed by atoms with Crippen molar-refractivity contribution in [2.24, 2.45) is 0 Å². The zero-order chi connectivity index (χ0) is 13.7. The lowest BCUT2D eigenvalue weighted by Gasteiger charge is -2.07. The SMILES string of the molecule is CCNNC(=S)Oc1cn(-c2cccnc2)nc1Cl. The number of pyridine rings is 1. The Balaban J connectivity index is 2.11. The van der Waals surface area contributed by atoms with Crippen LogP contribution in [0.15, 0.2) is 30.7 Å². The average molecular weight is 298 g/mol. The van der Waals surface area contributed by atoms with E-state index in [2.05, 4.69) is 20.9 Å². The van der Waals surface area contributed by atoms with Crippen LogP contribution in [-0.4, -0.2) is 26.5 Å². The molecule has 0 spiro atoms. The Morgan fingerprint density at radius 1 is 1.58 bits per heavy atom. The molecule has 2 aromatic heterocycles. The van der Waals surface area contributed by atoms with Gasteiger partial charge in [-0.05, 0) is 24.4 Å². The Hall–Kier alpha value is -1.70. The number of halogens is 1. The number of hydrogen-bond donors (Lipinski definition) is 2. The molecule has 2 aromatic rings. The third kappa shape index (κ3) is 3.63. The van der Waals surface area contributed by atoms with Crippen molar-refractivity contribution in [2.45, 2.75) is 6.92 Å². The summed E-state index contributed by atoms with van der Waals surface area (Å²) in [6.45, 7) is 2.65. The third-order valence-electron chi connectivity index (χ3n) is 2.12. The number of hydrogen-bond acceptors (Lipinski definition) is 5. The molecule has 0 unspecified atom stereocenters. The second-order valence-corrected chi connectivity index (χ2v) is 4.21. The summed E-state index contributed by atoms with van der Waals surface area (Å²) in [5.74, 6) is 0.376. The Labute approximate surface area is 120 Å². The van der Waals surface area contributed by atoms with Gasteiger partial charge in [-0.25, -0.2) is 10.1 Å². The molecule has 8 heteroatoms. The van der Waals surface area contributed by atoms with Crippen molar-refractivity contribution in [1.29, 1.82) is 0 Å². The summed E-state index contributed by atoms with van der Waals surface area (Å²) >= 11 is 11.0. The van der Waals surface area contributed by atoms with E-state index < -0.39 is 0 Å². The molecule has 0 atom stereocenters. The van der Waals surface area contributed by atoms with Crippen LogP contribution in [0.2, 0.25) is 5.15 Å². The summed E-state index contributed by atoms with van der Waals surface area (Å²) in [6.07, 6.45) is 4.99. The van der Waals surface area contributed by atoms with Crippen LogP contribution in [0.25, 0.3) is 5.69 Å². The fourth-order valence-electron chi connectivity index (χ4n) is 1.31. The summed E-state index contributed by atoms with van der Waals surface area (Å²) in [7, 11) is 0. The van der Waals surface area contributed by atoms with Gasteiger partial charge in [0.25, 0.3) is 5.17 Å². The molecule has 0 saturated heterocycles. The van der Waals surface area contributed by atoms with Crippen molar-refractivity contribution in [2.75, 3.05) is 6.54 Å². The molecule has 2 heterocycles. The quantitative estimate of drug-likeness (QED) is 0.661. The van der Waals surface area contributed by atoms with Crippen LogP contribution in [0.1, 0.15) is 6.92 Å². The van der Waals surface area contributed by atoms with E-state index in [1.807, 2.05) is 19.1 Å². The number of nitrogens with zero attached hydrogens (tertiary/aromatic N) is 3. The van der Waals surface area contributed by atoms with Crippen molar-refractivity contribution in [3.63, 3.8) is 0 Å². The molecular weight excluding hydrogens is 286 g/mol. The molecule has 0 fully saturated rings. The minimum Gasteiger partial charge on any atom is -0.426 e. The van der Waals surface area contributed by atoms with Crippen LogP contribution in [0.3, 0.4) is 0 Å². The molecule has 6 nitrogen and oxygen atoms in total. The Bertz CT molecular complexity index is 559. The highest BCUT2D eigenvalue weighted by Crippen LogP contribution is 2.24. The van der Waals surface area contributed by atoms with E-state index in [4.69, 9.17) is 28.6 Å². The Morgan fingerprint density at radius 3 is 3.11 bits per heavy atom. The largest absolute Gasteiger partial charge is 0.426 e. The van der Waals surface area contributed by atoms with Gasteiger partial charge in [-0.2, -0.15) is 5.10 Å². The van der Waals surface area contributed by atoms with Gasteiger partial charge in [-0.1, -0.05) is 18.5 Å². The first kappa shape index (κ1) is 13.7. The molecule has 0 aliphatic rings. The van der Waals surface area contributed by atoms with Crippen LogP contribution in [0, 0.1) is 0 Å². The molecule has 0 amide bonds. The van der Waals surface area contributed by atoms with Crippen LogP contribution in [0.4, 0.5) is 0 Å². The molecule has 100 valence electrons. The number of nitrogens with one attached hydrogen (secondary N) is 2. The first-order valence-electron chi connectivity index (χ1n) is 5.57. The van der Waals surface area contributed by atoms with E-state index in [-0.39, 0.29) is 10.3 Å². The summed E-state index contributed by atoms with van der Waals surface area (Å²) in [5.41, 5.74) is 6.32. The summed E-state index contributed by atoms with van der Waals surface area (Å²) in [5, 5.41) is 4.53. The first-order valence-corrected chi connectivity index (χ1v) is 6.35. The maximum atomic E-state index is 5.99. The number of thiocarbonyl (C=S) groups is 1. The highest BCUT2D eigenvalue weighted by Gasteiger charge is 2.11. The maximum absolute atomic E-state index is 5.99. The molecule has 2 N–H and O–H groups in total. The monoisotopic (exact) mass is 297 g/mol. The van der Waals surface area contributed by atoms with Crippen molar-refractivity contribution < 1.29 is 4.74 Å². The molecular formula is C11H12ClN5OS. The van der Waals surface area contributed by atoms with Gasteiger partial charge in [-0.3, -0.25) is 10.4 Å². The first-order chi connectivity index (χ1) is 9.20. The molecule has 0 aromatic carbocycles. The van der Waals surface area contributed by atoms with E-state index in [0.29, 0.717) is 12.3 Å². The van der Waals surface area contributed by atoms with Crippen molar-refractivity contribution >= 4 is 29.0 Å². The van der Waals surface area contributed by atoms with Gasteiger partial charge in [0.2, 0.25) is 0 Å². The van der Waals surface area contributed by atoms with Crippen LogP contribution in [0.5, 0.6) is 5.75 Å². The smallest absolute Gasteiger partial charge is 0.277 e. The van der Waals surface area contributed by atoms with Gasteiger partial charge >= 0.3 is 0 Å². The average Bonchev–Trinajstić information content (AvgIpc) is 2.79. The second-order valence-electron chi connectivity index (χ2n) is 3.48. The standard InChI is InChI=1S/C11H12ClN5OS/c1-2-14-15-11(19)18-9-7-17(16-10(9)12)8-4-3-5-13-6-8/h3-7,14H,2H2,1H3,(H,15,19). The molecule has 0 aliphatic carbocycles. The van der Waals surface area contributed by atoms with Gasteiger partial charge in [0.05, 0.1) is 18.1 Å². The third-order valence-corrected chi connectivity index (χ3v) is 2.57. The van der Waals surface area contributed by atoms with E-state index in [1.165, 1.54) is 0 Å². The molecule has 2 rings (SSSR count).